The molecule has 0 radical (unpaired) electrons. The summed E-state index contributed by atoms with van der Waals surface area (Å²) in [5, 5.41) is 0. The Morgan fingerprint density at radius 1 is 1.10 bits per heavy atom. The zero-order chi connectivity index (χ0) is 15.0. The molecule has 20 heavy (non-hydrogen) atoms. The monoisotopic (exact) mass is 289 g/mol. The molecule has 1 aliphatic carbocycles. The number of carbonyl (C=O) groups is 1. The standard InChI is InChI=1S/C15H25F2NO2/c1-13(2,3)20-12(19)18-10-4-5-14(11-18)6-8-15(16,17)9-7-14/h4-11H2,1-3H3. The van der Waals surface area contributed by atoms with Crippen LogP contribution in [0.3, 0.4) is 0 Å². The number of hydrogen-bond donors (Lipinski definition) is 0. The van der Waals surface area contributed by atoms with Crippen LogP contribution in [0.15, 0.2) is 0 Å². The summed E-state index contributed by atoms with van der Waals surface area (Å²) in [6.07, 6.45) is 2.45. The van der Waals surface area contributed by atoms with E-state index in [1.807, 2.05) is 20.8 Å². The zero-order valence-corrected chi connectivity index (χ0v) is 12.7. The molecular weight excluding hydrogens is 264 g/mol. The van der Waals surface area contributed by atoms with Crippen molar-refractivity contribution in [2.45, 2.75) is 70.8 Å². The Hall–Kier alpha value is -0.870. The number of halogens is 2. The van der Waals surface area contributed by atoms with Crippen LogP contribution in [-0.2, 0) is 4.74 Å². The quantitative estimate of drug-likeness (QED) is 0.668. The fraction of sp³-hybridized carbons (Fsp3) is 0.933. The highest BCUT2D eigenvalue weighted by molar-refractivity contribution is 5.68. The number of carbonyl (C=O) groups excluding carboxylic acids is 1. The first kappa shape index (κ1) is 15.5. The van der Waals surface area contributed by atoms with E-state index in [9.17, 15) is 13.6 Å². The van der Waals surface area contributed by atoms with Crippen molar-refractivity contribution in [3.8, 4) is 0 Å². The molecule has 2 aliphatic rings. The third-order valence-electron chi connectivity index (χ3n) is 4.36. The van der Waals surface area contributed by atoms with E-state index in [1.54, 1.807) is 4.90 Å². The summed E-state index contributed by atoms with van der Waals surface area (Å²) in [7, 11) is 0. The molecule has 116 valence electrons. The molecule has 1 saturated carbocycles. The van der Waals surface area contributed by atoms with E-state index in [-0.39, 0.29) is 24.3 Å². The lowest BCUT2D eigenvalue weighted by atomic mass is 9.68. The summed E-state index contributed by atoms with van der Waals surface area (Å²) in [5.74, 6) is -2.51. The summed E-state index contributed by atoms with van der Waals surface area (Å²) in [5.41, 5.74) is -0.627. The molecule has 0 aromatic rings. The molecule has 0 N–H and O–H groups in total. The van der Waals surface area contributed by atoms with Gasteiger partial charge in [0.05, 0.1) is 0 Å². The largest absolute Gasteiger partial charge is 0.444 e. The van der Waals surface area contributed by atoms with Crippen LogP contribution in [0.5, 0.6) is 0 Å². The van der Waals surface area contributed by atoms with Crippen molar-refractivity contribution in [3.05, 3.63) is 0 Å². The topological polar surface area (TPSA) is 29.5 Å². The number of likely N-dealkylation sites (tertiary alicyclic amines) is 1. The van der Waals surface area contributed by atoms with Gasteiger partial charge in [0.15, 0.2) is 0 Å². The molecule has 2 rings (SSSR count). The van der Waals surface area contributed by atoms with Crippen LogP contribution in [0, 0.1) is 5.41 Å². The van der Waals surface area contributed by atoms with Crippen LogP contribution in [0.25, 0.3) is 0 Å². The Labute approximate surface area is 119 Å². The average Bonchev–Trinajstić information content (AvgIpc) is 2.32. The van der Waals surface area contributed by atoms with E-state index in [4.69, 9.17) is 4.74 Å². The lowest BCUT2D eigenvalue weighted by molar-refractivity contribution is -0.0831. The summed E-state index contributed by atoms with van der Waals surface area (Å²) in [6.45, 7) is 6.76. The molecule has 0 unspecified atom stereocenters. The molecule has 0 aromatic heterocycles. The van der Waals surface area contributed by atoms with Gasteiger partial charge in [0.1, 0.15) is 5.60 Å². The minimum absolute atomic E-state index is 0.0465. The molecule has 0 atom stereocenters. The van der Waals surface area contributed by atoms with E-state index in [1.165, 1.54) is 0 Å². The predicted octanol–water partition coefficient (Wildman–Crippen LogP) is 4.21. The van der Waals surface area contributed by atoms with Gasteiger partial charge in [-0.2, -0.15) is 0 Å². The van der Waals surface area contributed by atoms with Gasteiger partial charge in [-0.25, -0.2) is 13.6 Å². The first-order valence-electron chi connectivity index (χ1n) is 7.47. The van der Waals surface area contributed by atoms with Crippen LogP contribution in [-0.4, -0.2) is 35.6 Å². The SMILES string of the molecule is CC(C)(C)OC(=O)N1CCCC2(CCC(F)(F)CC2)C1. The Bertz CT molecular complexity index is 367. The van der Waals surface area contributed by atoms with E-state index in [0.717, 1.165) is 12.8 Å². The Balaban J connectivity index is 1.97. The maximum atomic E-state index is 13.3. The van der Waals surface area contributed by atoms with Crippen LogP contribution in [0.2, 0.25) is 0 Å². The van der Waals surface area contributed by atoms with Gasteiger partial charge in [0.2, 0.25) is 5.92 Å². The number of amides is 1. The van der Waals surface area contributed by atoms with Gasteiger partial charge in [-0.1, -0.05) is 0 Å². The minimum Gasteiger partial charge on any atom is -0.444 e. The maximum absolute atomic E-state index is 13.3. The number of alkyl halides is 2. The van der Waals surface area contributed by atoms with Crippen molar-refractivity contribution >= 4 is 6.09 Å². The number of piperidine rings is 1. The van der Waals surface area contributed by atoms with E-state index in [0.29, 0.717) is 25.9 Å². The van der Waals surface area contributed by atoms with Crippen molar-refractivity contribution in [1.29, 1.82) is 0 Å². The number of nitrogens with zero attached hydrogens (tertiary/aromatic N) is 1. The molecule has 1 amide bonds. The lowest BCUT2D eigenvalue weighted by Gasteiger charge is -2.46. The first-order valence-corrected chi connectivity index (χ1v) is 7.47. The van der Waals surface area contributed by atoms with Crippen LogP contribution < -0.4 is 0 Å². The molecule has 0 bridgehead atoms. The third kappa shape index (κ3) is 3.83. The van der Waals surface area contributed by atoms with Gasteiger partial charge in [-0.05, 0) is 51.9 Å². The highest BCUT2D eigenvalue weighted by Crippen LogP contribution is 2.48. The average molecular weight is 289 g/mol. The second-order valence-electron chi connectivity index (χ2n) is 7.36. The van der Waals surface area contributed by atoms with Crippen molar-refractivity contribution in [3.63, 3.8) is 0 Å². The maximum Gasteiger partial charge on any atom is 0.410 e. The van der Waals surface area contributed by atoms with Crippen LogP contribution in [0.1, 0.15) is 59.3 Å². The van der Waals surface area contributed by atoms with Gasteiger partial charge >= 0.3 is 6.09 Å². The van der Waals surface area contributed by atoms with E-state index in [2.05, 4.69) is 0 Å². The Morgan fingerprint density at radius 3 is 2.25 bits per heavy atom. The van der Waals surface area contributed by atoms with Crippen LogP contribution >= 0.6 is 0 Å². The molecule has 5 heteroatoms. The van der Waals surface area contributed by atoms with Gasteiger partial charge < -0.3 is 9.64 Å². The predicted molar refractivity (Wildman–Crippen MR) is 72.9 cm³/mol. The van der Waals surface area contributed by atoms with Crippen molar-refractivity contribution < 1.29 is 18.3 Å². The minimum atomic E-state index is -2.51. The fourth-order valence-corrected chi connectivity index (χ4v) is 3.24. The molecule has 1 saturated heterocycles. The highest BCUT2D eigenvalue weighted by Gasteiger charge is 2.46. The van der Waals surface area contributed by atoms with Gasteiger partial charge in [0.25, 0.3) is 0 Å². The molecule has 2 fully saturated rings. The Kier molecular flexibility index (Phi) is 4.00. The number of ether oxygens (including phenoxy) is 1. The highest BCUT2D eigenvalue weighted by atomic mass is 19.3. The molecule has 1 heterocycles. The second-order valence-corrected chi connectivity index (χ2v) is 7.36. The second kappa shape index (κ2) is 5.15. The molecule has 0 aromatic carbocycles. The van der Waals surface area contributed by atoms with Gasteiger partial charge in [0, 0.05) is 25.9 Å². The molecule has 3 nitrogen and oxygen atoms in total. The number of rotatable bonds is 0. The summed E-state index contributed by atoms with van der Waals surface area (Å²) in [4.78, 5) is 13.8. The number of hydrogen-bond acceptors (Lipinski definition) is 2. The van der Waals surface area contributed by atoms with Gasteiger partial charge in [-0.15, -0.1) is 0 Å². The summed E-state index contributed by atoms with van der Waals surface area (Å²) >= 11 is 0. The lowest BCUT2D eigenvalue weighted by Crippen LogP contribution is -2.50. The summed E-state index contributed by atoms with van der Waals surface area (Å²) < 4.78 is 32.0. The first-order chi connectivity index (χ1) is 9.11. The molecule has 1 spiro atoms. The molecular formula is C15H25F2NO2. The third-order valence-corrected chi connectivity index (χ3v) is 4.36. The van der Waals surface area contributed by atoms with Crippen LogP contribution in [0.4, 0.5) is 13.6 Å². The normalized spacial score (nSPS) is 25.6. The van der Waals surface area contributed by atoms with Crippen molar-refractivity contribution in [1.82, 2.24) is 4.90 Å². The zero-order valence-electron chi connectivity index (χ0n) is 12.7. The van der Waals surface area contributed by atoms with E-state index < -0.39 is 11.5 Å². The Morgan fingerprint density at radius 2 is 1.70 bits per heavy atom. The van der Waals surface area contributed by atoms with Gasteiger partial charge in [-0.3, -0.25) is 0 Å². The summed E-state index contributed by atoms with van der Waals surface area (Å²) in [6, 6.07) is 0. The van der Waals surface area contributed by atoms with E-state index >= 15 is 0 Å². The smallest absolute Gasteiger partial charge is 0.410 e. The van der Waals surface area contributed by atoms with Crippen molar-refractivity contribution in [2.24, 2.45) is 5.41 Å². The fourth-order valence-electron chi connectivity index (χ4n) is 3.24. The molecule has 1 aliphatic heterocycles. The van der Waals surface area contributed by atoms with Crippen molar-refractivity contribution in [2.75, 3.05) is 13.1 Å².